The predicted molar refractivity (Wildman–Crippen MR) is 189 cm³/mol. The van der Waals surface area contributed by atoms with Crippen LogP contribution in [0.5, 0.6) is 0 Å². The van der Waals surface area contributed by atoms with Crippen molar-refractivity contribution in [3.63, 3.8) is 0 Å². The summed E-state index contributed by atoms with van der Waals surface area (Å²) >= 11 is 0. The third-order valence-electron chi connectivity index (χ3n) is 10.0. The Balaban J connectivity index is 1.34. The number of hydrogen-bond acceptors (Lipinski definition) is 0. The largest absolute Gasteiger partial charge is 0.313 e. The van der Waals surface area contributed by atoms with Gasteiger partial charge in [-0.05, 0) is 91.9 Å². The minimum Gasteiger partial charge on any atom is -0.313 e. The average Bonchev–Trinajstić information content (AvgIpc) is 3.74. The van der Waals surface area contributed by atoms with Crippen LogP contribution < -0.4 is 0 Å². The second-order valence-corrected chi connectivity index (χ2v) is 12.4. The molecule has 0 atom stereocenters. The van der Waals surface area contributed by atoms with Crippen LogP contribution in [-0.2, 0) is 12.8 Å². The monoisotopic (exact) mass is 577 g/mol. The molecule has 0 saturated heterocycles. The Kier molecular flexibility index (Phi) is 5.23. The van der Waals surface area contributed by atoms with Crippen LogP contribution in [0.3, 0.4) is 0 Å². The van der Waals surface area contributed by atoms with Gasteiger partial charge in [0.1, 0.15) is 0 Å². The molecule has 0 N–H and O–H groups in total. The lowest BCUT2D eigenvalue weighted by Gasteiger charge is -2.17. The highest BCUT2D eigenvalue weighted by atomic mass is 15.0. The van der Waals surface area contributed by atoms with Crippen molar-refractivity contribution in [2.24, 2.45) is 0 Å². The van der Waals surface area contributed by atoms with Crippen molar-refractivity contribution in [3.8, 4) is 17.1 Å². The molecule has 9 aromatic rings. The van der Waals surface area contributed by atoms with Crippen molar-refractivity contribution in [2.75, 3.05) is 0 Å². The van der Waals surface area contributed by atoms with Crippen molar-refractivity contribution in [3.05, 3.63) is 151 Å². The van der Waals surface area contributed by atoms with Crippen LogP contribution in [0.2, 0.25) is 0 Å². The van der Waals surface area contributed by atoms with Gasteiger partial charge in [-0.1, -0.05) is 78.9 Å². The Hall–Kier alpha value is -5.54. The molecule has 0 bridgehead atoms. The van der Waals surface area contributed by atoms with Gasteiger partial charge in [-0.2, -0.15) is 0 Å². The van der Waals surface area contributed by atoms with Gasteiger partial charge >= 0.3 is 0 Å². The van der Waals surface area contributed by atoms with Crippen LogP contribution in [0.15, 0.2) is 140 Å². The molecule has 1 aliphatic carbocycles. The molecule has 0 saturated carbocycles. The first-order valence-corrected chi connectivity index (χ1v) is 16.1. The number of aromatic nitrogens is 3. The lowest BCUT2D eigenvalue weighted by molar-refractivity contribution is 0.667. The van der Waals surface area contributed by atoms with E-state index in [1.54, 1.807) is 0 Å². The first kappa shape index (κ1) is 24.9. The van der Waals surface area contributed by atoms with E-state index in [1.165, 1.54) is 95.7 Å². The number of nitrogens with zero attached hydrogens (tertiary/aromatic N) is 3. The second kappa shape index (κ2) is 9.48. The molecule has 0 unspecified atom stereocenters. The van der Waals surface area contributed by atoms with Crippen molar-refractivity contribution in [2.45, 2.75) is 25.7 Å². The zero-order chi connectivity index (χ0) is 29.5. The first-order valence-electron chi connectivity index (χ1n) is 16.1. The fourth-order valence-electron chi connectivity index (χ4n) is 8.17. The molecule has 6 aromatic carbocycles. The van der Waals surface area contributed by atoms with Crippen LogP contribution in [-0.4, -0.2) is 13.7 Å². The number of para-hydroxylation sites is 4. The molecule has 3 nitrogen and oxygen atoms in total. The summed E-state index contributed by atoms with van der Waals surface area (Å²) in [5.74, 6) is 0. The lowest BCUT2D eigenvalue weighted by atomic mass is 9.95. The van der Waals surface area contributed by atoms with Crippen LogP contribution >= 0.6 is 0 Å². The zero-order valence-corrected chi connectivity index (χ0v) is 24.9. The standard InChI is InChI=1S/C42H31N3/c1-3-13-28(14-4-1)43-36-20-10-8-18-32(36)35-27-30(23-25-39(35)43)45-37-21-11-7-17-31(37)33-24-26-40-41(42(33)45)34-19-9-12-22-38(34)44(40)29-15-5-2-6-16-29/h1-6,8-10,12-16,18-20,22-27H,7,11,17,21H2. The van der Waals surface area contributed by atoms with Crippen molar-refractivity contribution in [1.82, 2.24) is 13.7 Å². The van der Waals surface area contributed by atoms with Crippen LogP contribution in [0.4, 0.5) is 0 Å². The number of hydrogen-bond donors (Lipinski definition) is 0. The van der Waals surface area contributed by atoms with Gasteiger partial charge in [0.2, 0.25) is 0 Å². The van der Waals surface area contributed by atoms with Gasteiger partial charge in [-0.3, -0.25) is 0 Å². The molecule has 10 rings (SSSR count). The Bertz CT molecular complexity index is 2580. The number of aryl methyl sites for hydroxylation is 1. The van der Waals surface area contributed by atoms with E-state index in [0.29, 0.717) is 0 Å². The first-order chi connectivity index (χ1) is 22.4. The summed E-state index contributed by atoms with van der Waals surface area (Å²) in [6.45, 7) is 0. The van der Waals surface area contributed by atoms with E-state index in [-0.39, 0.29) is 0 Å². The van der Waals surface area contributed by atoms with E-state index in [1.807, 2.05) is 0 Å². The smallest absolute Gasteiger partial charge is 0.0634 e. The Morgan fingerprint density at radius 3 is 1.71 bits per heavy atom. The van der Waals surface area contributed by atoms with Crippen LogP contribution in [0, 0.1) is 0 Å². The minimum absolute atomic E-state index is 1.10. The maximum absolute atomic E-state index is 2.63. The summed E-state index contributed by atoms with van der Waals surface area (Å²) in [4.78, 5) is 0. The van der Waals surface area contributed by atoms with Gasteiger partial charge in [0.05, 0.1) is 27.6 Å². The minimum atomic E-state index is 1.10. The fourth-order valence-corrected chi connectivity index (χ4v) is 8.17. The molecule has 0 fully saturated rings. The average molecular weight is 578 g/mol. The summed E-state index contributed by atoms with van der Waals surface area (Å²) in [5.41, 5.74) is 13.0. The number of fused-ring (bicyclic) bond motifs is 10. The fraction of sp³-hybridized carbons (Fsp3) is 0.0952. The Labute approximate surface area is 261 Å². The molecule has 3 heterocycles. The second-order valence-electron chi connectivity index (χ2n) is 12.4. The summed E-state index contributed by atoms with van der Waals surface area (Å²) in [5, 5.41) is 6.62. The molecule has 0 spiro atoms. The third kappa shape index (κ3) is 3.47. The van der Waals surface area contributed by atoms with Crippen molar-refractivity contribution >= 4 is 54.5 Å². The highest BCUT2D eigenvalue weighted by Crippen LogP contribution is 2.43. The van der Waals surface area contributed by atoms with E-state index >= 15 is 0 Å². The molecule has 0 radical (unpaired) electrons. The van der Waals surface area contributed by atoms with Gasteiger partial charge in [0, 0.05) is 49.7 Å². The van der Waals surface area contributed by atoms with Crippen LogP contribution in [0.1, 0.15) is 24.1 Å². The number of rotatable bonds is 3. The zero-order valence-electron chi connectivity index (χ0n) is 24.9. The van der Waals surface area contributed by atoms with Crippen LogP contribution in [0.25, 0.3) is 71.6 Å². The van der Waals surface area contributed by atoms with E-state index in [2.05, 4.69) is 153 Å². The Morgan fingerprint density at radius 1 is 0.378 bits per heavy atom. The van der Waals surface area contributed by atoms with Gasteiger partial charge in [-0.15, -0.1) is 0 Å². The summed E-state index contributed by atoms with van der Waals surface area (Å²) in [6.07, 6.45) is 4.72. The van der Waals surface area contributed by atoms with Crippen molar-refractivity contribution < 1.29 is 0 Å². The molecular formula is C42H31N3. The molecule has 45 heavy (non-hydrogen) atoms. The quantitative estimate of drug-likeness (QED) is 0.198. The molecular weight excluding hydrogens is 546 g/mol. The summed E-state index contributed by atoms with van der Waals surface area (Å²) in [6, 6.07) is 51.2. The van der Waals surface area contributed by atoms with E-state index in [0.717, 1.165) is 12.8 Å². The SMILES string of the molecule is c1ccc(-n2c3ccccc3c3cc(-n4c5c(c6ccc7c(c8ccccc8n7-c7ccccc7)c64)CCCC5)ccc32)cc1. The van der Waals surface area contributed by atoms with Gasteiger partial charge in [0.25, 0.3) is 0 Å². The third-order valence-corrected chi connectivity index (χ3v) is 10.0. The lowest BCUT2D eigenvalue weighted by Crippen LogP contribution is -2.07. The molecule has 0 aliphatic heterocycles. The van der Waals surface area contributed by atoms with E-state index < -0.39 is 0 Å². The molecule has 3 aromatic heterocycles. The maximum atomic E-state index is 2.63. The Morgan fingerprint density at radius 2 is 0.956 bits per heavy atom. The van der Waals surface area contributed by atoms with Crippen molar-refractivity contribution in [1.29, 1.82) is 0 Å². The molecule has 3 heteroatoms. The van der Waals surface area contributed by atoms with Gasteiger partial charge < -0.3 is 13.7 Å². The highest BCUT2D eigenvalue weighted by Gasteiger charge is 2.26. The van der Waals surface area contributed by atoms with Gasteiger partial charge in [0.15, 0.2) is 0 Å². The highest BCUT2D eigenvalue weighted by molar-refractivity contribution is 6.21. The van der Waals surface area contributed by atoms with E-state index in [4.69, 9.17) is 0 Å². The summed E-state index contributed by atoms with van der Waals surface area (Å²) in [7, 11) is 0. The molecule has 214 valence electrons. The van der Waals surface area contributed by atoms with Gasteiger partial charge in [-0.25, -0.2) is 0 Å². The predicted octanol–water partition coefficient (Wildman–Crippen LogP) is 10.7. The summed E-state index contributed by atoms with van der Waals surface area (Å²) < 4.78 is 7.47. The number of benzene rings is 6. The molecule has 0 amide bonds. The topological polar surface area (TPSA) is 14.8 Å². The maximum Gasteiger partial charge on any atom is 0.0634 e. The molecule has 1 aliphatic rings. The van der Waals surface area contributed by atoms with E-state index in [9.17, 15) is 0 Å². The normalized spacial score (nSPS) is 13.4.